The topological polar surface area (TPSA) is 131 Å². The molecule has 3 aliphatic heterocycles. The van der Waals surface area contributed by atoms with E-state index in [1.54, 1.807) is 0 Å². The van der Waals surface area contributed by atoms with Crippen molar-refractivity contribution in [1.82, 2.24) is 15.0 Å². The number of hydrogen-bond donors (Lipinski definition) is 3. The number of aromatic nitrogens is 3. The predicted molar refractivity (Wildman–Crippen MR) is 179 cm³/mol. The van der Waals surface area contributed by atoms with Gasteiger partial charge in [0.2, 0.25) is 0 Å². The fraction of sp³-hybridized carbons (Fsp3) is 0.412. The average Bonchev–Trinajstić information content (AvgIpc) is 3.08. The Kier molecular flexibility index (Phi) is 9.14. The average molecular weight is 686 g/mol. The second-order valence-corrected chi connectivity index (χ2v) is 14.8. The first-order valence-electron chi connectivity index (χ1n) is 15.0. The molecule has 2 fully saturated rings. The number of hydrogen-bond acceptors (Lipinski definition) is 3. The second-order valence-electron chi connectivity index (χ2n) is 12.2. The molecule has 0 radical (unpaired) electrons. The molecule has 236 valence electrons. The van der Waals surface area contributed by atoms with Crippen molar-refractivity contribution in [2.45, 2.75) is 82.5 Å². The van der Waals surface area contributed by atoms with Crippen molar-refractivity contribution in [3.05, 3.63) is 83.6 Å². The fourth-order valence-electron chi connectivity index (χ4n) is 6.90. The van der Waals surface area contributed by atoms with Crippen molar-refractivity contribution in [1.29, 1.82) is 0 Å². The molecular formula is C34H37FeN4O4S2+. The van der Waals surface area contributed by atoms with Gasteiger partial charge >= 0.3 is 29.0 Å². The monoisotopic (exact) mass is 685 g/mol. The minimum Gasteiger partial charge on any atom is -0.660 e. The molecule has 2 N–H and O–H groups in total. The zero-order chi connectivity index (χ0) is 31.7. The summed E-state index contributed by atoms with van der Waals surface area (Å²) in [7, 11) is 0. The molecule has 0 aromatic carbocycles. The van der Waals surface area contributed by atoms with Gasteiger partial charge in [-0.05, 0) is 64.8 Å². The maximum absolute atomic E-state index is 11.6. The Morgan fingerprint density at radius 1 is 0.844 bits per heavy atom. The molecule has 1 spiro atoms. The van der Waals surface area contributed by atoms with Crippen LogP contribution in [0.25, 0.3) is 29.6 Å². The number of nitrogens with zero attached hydrogens (tertiary/aromatic N) is 4. The Morgan fingerprint density at radius 3 is 2.02 bits per heavy atom. The van der Waals surface area contributed by atoms with E-state index in [0.717, 1.165) is 67.2 Å². The molecule has 8 bridgehead atoms. The molecule has 6 heterocycles. The fourth-order valence-corrected chi connectivity index (χ4v) is 8.75. The van der Waals surface area contributed by atoms with Crippen LogP contribution < -0.4 is 25.7 Å². The van der Waals surface area contributed by atoms with Crippen LogP contribution in [-0.4, -0.2) is 32.1 Å². The van der Waals surface area contributed by atoms with Crippen LogP contribution in [0.2, 0.25) is 0 Å². The predicted octanol–water partition coefficient (Wildman–Crippen LogP) is 3.84. The third-order valence-corrected chi connectivity index (χ3v) is 11.7. The second kappa shape index (κ2) is 12.3. The van der Waals surface area contributed by atoms with Crippen LogP contribution in [0.3, 0.4) is 0 Å². The van der Waals surface area contributed by atoms with E-state index >= 15 is 0 Å². The third-order valence-electron chi connectivity index (χ3n) is 9.52. The zero-order valence-electron chi connectivity index (χ0n) is 26.1. The van der Waals surface area contributed by atoms with Crippen molar-refractivity contribution in [2.75, 3.05) is 0 Å². The first-order valence-corrected chi connectivity index (χ1v) is 16.5. The van der Waals surface area contributed by atoms with Crippen molar-refractivity contribution in [3.8, 4) is 0 Å². The van der Waals surface area contributed by atoms with Gasteiger partial charge in [-0.1, -0.05) is 64.7 Å². The summed E-state index contributed by atoms with van der Waals surface area (Å²) in [6.45, 7) is 12.6. The molecule has 3 aromatic heterocycles. The first kappa shape index (κ1) is 33.4. The van der Waals surface area contributed by atoms with Gasteiger partial charge in [-0.25, -0.2) is 0 Å². The number of carboxylic acids is 2. The number of fused-ring (bicyclic) bond motifs is 9. The van der Waals surface area contributed by atoms with E-state index in [2.05, 4.69) is 32.9 Å². The summed E-state index contributed by atoms with van der Waals surface area (Å²) in [5, 5.41) is 26.0. The molecular weight excluding hydrogens is 648 g/mol. The summed E-state index contributed by atoms with van der Waals surface area (Å²) < 4.78 is -0.0687. The van der Waals surface area contributed by atoms with E-state index < -0.39 is 11.9 Å². The zero-order valence-corrected chi connectivity index (χ0v) is 29.0. The van der Waals surface area contributed by atoms with Crippen LogP contribution in [0.15, 0.2) is 11.4 Å². The Balaban J connectivity index is 0.00000400. The molecule has 0 amide bonds. The van der Waals surface area contributed by atoms with Crippen LogP contribution in [0.4, 0.5) is 0 Å². The third kappa shape index (κ3) is 5.77. The summed E-state index contributed by atoms with van der Waals surface area (Å²) in [5.74, 6) is -1.58. The van der Waals surface area contributed by atoms with Crippen molar-refractivity contribution in [2.24, 2.45) is 5.92 Å². The van der Waals surface area contributed by atoms with Crippen molar-refractivity contribution >= 4 is 60.6 Å². The van der Waals surface area contributed by atoms with Gasteiger partial charge in [0.25, 0.3) is 0 Å². The number of carbonyl (C=O) groups is 2. The van der Waals surface area contributed by atoms with E-state index in [1.807, 2.05) is 32.9 Å². The molecule has 1 unspecified atom stereocenters. The largest absolute Gasteiger partial charge is 4.00 e. The Bertz CT molecular complexity index is 1900. The quantitative estimate of drug-likeness (QED) is 0.149. The van der Waals surface area contributed by atoms with Gasteiger partial charge in [-0.3, -0.25) is 9.59 Å². The molecule has 8 nitrogen and oxygen atoms in total. The maximum atomic E-state index is 11.6. The number of carboxylic acid groups (broad SMARTS) is 2. The molecule has 0 aliphatic carbocycles. The Labute approximate surface area is 283 Å². The van der Waals surface area contributed by atoms with Crippen LogP contribution >= 0.6 is 12.6 Å². The molecule has 0 saturated carbocycles. The van der Waals surface area contributed by atoms with Crippen LogP contribution in [0.1, 0.15) is 95.0 Å². The SMILES string of the molecule is Cc1c2[n-]c(c1CCC(=O)O)/C=c1\[n-]/c(c(C)c1CCC(=O)O)=C\c1[n-]c(c(C)c1[C@@H](C)S)/C=C1\[N-]/C(=C\2)C(C)[C@]12[SH+][C@@H]2C.[Fe+4]. The minimum absolute atomic E-state index is 0. The van der Waals surface area contributed by atoms with Gasteiger partial charge in [0.1, 0.15) is 0 Å². The van der Waals surface area contributed by atoms with Gasteiger partial charge in [-0.2, -0.15) is 18.3 Å². The number of aliphatic carboxylic acids is 2. The Hall–Kier alpha value is -2.98. The normalized spacial score (nSPS) is 25.8. The van der Waals surface area contributed by atoms with Gasteiger partial charge in [0.05, 0.1) is 0 Å². The minimum atomic E-state index is -0.883. The number of rotatable bonds is 7. The van der Waals surface area contributed by atoms with E-state index in [9.17, 15) is 19.8 Å². The first-order chi connectivity index (χ1) is 20.8. The van der Waals surface area contributed by atoms with Crippen molar-refractivity contribution < 1.29 is 36.9 Å². The summed E-state index contributed by atoms with van der Waals surface area (Å²) in [4.78, 5) is 38.3. The number of thiol groups is 2. The van der Waals surface area contributed by atoms with E-state index in [-0.39, 0.29) is 45.8 Å². The van der Waals surface area contributed by atoms with E-state index in [4.69, 9.17) is 32.9 Å². The van der Waals surface area contributed by atoms with E-state index in [0.29, 0.717) is 29.1 Å². The van der Waals surface area contributed by atoms with Crippen LogP contribution in [0.5, 0.6) is 0 Å². The van der Waals surface area contributed by atoms with Gasteiger partial charge in [-0.15, -0.1) is 33.5 Å². The molecule has 3 aliphatic rings. The summed E-state index contributed by atoms with van der Waals surface area (Å²) in [6, 6.07) is 0. The molecule has 2 saturated heterocycles. The number of allylic oxidation sites excluding steroid dienone is 1. The standard InChI is InChI=1S/C34H36N4O4S2.Fe/c1-15-21(7-9-31(39)40)27-13-28-22(8-10-32(41)42)16(2)24(36-28)12-29-33(19(5)43)17(3)25(37-29)14-30-34(20(6)44-34)18(4)26(38-30)11-23(15)35-27;/h11-14,18-20,43H,7-10H2,1-6H3,(H,39,40)(H,41,42);/q-4;+4/p+1/b24-12-,26-11-,28-13-,30-14-;/t18?,19-,20-,34-;/m1./s1. The van der Waals surface area contributed by atoms with Gasteiger partial charge in [0.15, 0.2) is 10.00 Å². The molecule has 4 atom stereocenters. The van der Waals surface area contributed by atoms with Crippen molar-refractivity contribution in [3.63, 3.8) is 0 Å². The van der Waals surface area contributed by atoms with Crippen LogP contribution in [-0.2, 0) is 51.3 Å². The van der Waals surface area contributed by atoms with E-state index in [1.165, 1.54) is 11.8 Å². The summed E-state index contributed by atoms with van der Waals surface area (Å²) in [6.07, 6.45) is 8.65. The van der Waals surface area contributed by atoms with Crippen LogP contribution in [0, 0.1) is 26.7 Å². The molecule has 6 rings (SSSR count). The summed E-state index contributed by atoms with van der Waals surface area (Å²) in [5.41, 5.74) is 10.7. The molecule has 45 heavy (non-hydrogen) atoms. The summed E-state index contributed by atoms with van der Waals surface area (Å²) >= 11 is 6.17. The molecule has 3 aromatic rings. The van der Waals surface area contributed by atoms with Gasteiger partial charge < -0.3 is 30.5 Å². The maximum Gasteiger partial charge on any atom is 4.00 e. The smallest absolute Gasteiger partial charge is 0.660 e. The van der Waals surface area contributed by atoms with Gasteiger partial charge in [0, 0.05) is 24.0 Å². The molecule has 11 heteroatoms. The Morgan fingerprint density at radius 2 is 1.42 bits per heavy atom.